The van der Waals surface area contributed by atoms with Crippen LogP contribution in [0.25, 0.3) is 22.6 Å². The first-order valence-electron chi connectivity index (χ1n) is 11.2. The second-order valence-corrected chi connectivity index (χ2v) is 9.25. The van der Waals surface area contributed by atoms with Gasteiger partial charge in [-0.25, -0.2) is 9.78 Å². The first-order chi connectivity index (χ1) is 15.8. The summed E-state index contributed by atoms with van der Waals surface area (Å²) in [4.78, 5) is 20.6. The second kappa shape index (κ2) is 9.80. The molecule has 0 radical (unpaired) electrons. The highest BCUT2D eigenvalue weighted by atomic mass is 16.6. The van der Waals surface area contributed by atoms with E-state index in [1.54, 1.807) is 4.90 Å². The first kappa shape index (κ1) is 23.1. The fourth-order valence-electron chi connectivity index (χ4n) is 3.68. The van der Waals surface area contributed by atoms with Crippen LogP contribution in [0.1, 0.15) is 20.8 Å². The minimum absolute atomic E-state index is 0.168. The van der Waals surface area contributed by atoms with Crippen molar-refractivity contribution in [3.8, 4) is 17.2 Å². The summed E-state index contributed by atoms with van der Waals surface area (Å²) in [5.41, 5.74) is 1.81. The zero-order valence-corrected chi connectivity index (χ0v) is 19.4. The number of aliphatic hydroxyl groups excluding tert-OH is 1. The SMILES string of the molecule is CC(C)(C)OC(=O)N1CCN(C[C@@H](O)COc2ccc3oc(-c4ccccc4)nc3c2)CC1. The fourth-order valence-corrected chi connectivity index (χ4v) is 3.68. The van der Waals surface area contributed by atoms with Gasteiger partial charge in [-0.3, -0.25) is 4.90 Å². The van der Waals surface area contributed by atoms with Gasteiger partial charge >= 0.3 is 6.09 Å². The molecular formula is C25H31N3O5. The number of oxazole rings is 1. The van der Waals surface area contributed by atoms with E-state index in [1.807, 2.05) is 69.3 Å². The standard InChI is InChI=1S/C25H31N3O5/c1-25(2,3)33-24(30)28-13-11-27(12-14-28)16-19(29)17-31-20-9-10-22-21(15-20)26-23(32-22)18-7-5-4-6-8-18/h4-10,15,19,29H,11-14,16-17H2,1-3H3/t19-/m1/s1. The first-order valence-corrected chi connectivity index (χ1v) is 11.2. The number of nitrogens with zero attached hydrogens (tertiary/aromatic N) is 3. The van der Waals surface area contributed by atoms with Gasteiger partial charge in [0.1, 0.15) is 29.6 Å². The molecule has 176 valence electrons. The maximum atomic E-state index is 12.2. The number of β-amino-alcohol motifs (C(OH)–C–C–N with tert-alkyl or cyclic N) is 1. The smallest absolute Gasteiger partial charge is 0.410 e. The van der Waals surface area contributed by atoms with E-state index in [9.17, 15) is 9.90 Å². The molecular weight excluding hydrogens is 422 g/mol. The molecule has 0 unspecified atom stereocenters. The molecule has 1 amide bonds. The minimum Gasteiger partial charge on any atom is -0.491 e. The Balaban J connectivity index is 1.25. The molecule has 0 spiro atoms. The zero-order chi connectivity index (χ0) is 23.4. The van der Waals surface area contributed by atoms with E-state index in [0.717, 1.165) is 5.56 Å². The van der Waals surface area contributed by atoms with Crippen molar-refractivity contribution in [3.63, 3.8) is 0 Å². The van der Waals surface area contributed by atoms with E-state index in [-0.39, 0.29) is 12.7 Å². The normalized spacial score (nSPS) is 16.1. The third-order valence-electron chi connectivity index (χ3n) is 5.32. The van der Waals surface area contributed by atoms with Crippen LogP contribution in [-0.2, 0) is 4.74 Å². The van der Waals surface area contributed by atoms with Crippen LogP contribution >= 0.6 is 0 Å². The number of fused-ring (bicyclic) bond motifs is 1. The molecule has 2 heterocycles. The van der Waals surface area contributed by atoms with Gasteiger partial charge in [-0.15, -0.1) is 0 Å². The molecule has 3 aromatic rings. The summed E-state index contributed by atoms with van der Waals surface area (Å²) in [6.07, 6.45) is -0.935. The van der Waals surface area contributed by atoms with Crippen LogP contribution in [0, 0.1) is 0 Å². The van der Waals surface area contributed by atoms with Crippen LogP contribution in [0.5, 0.6) is 5.75 Å². The van der Waals surface area contributed by atoms with E-state index < -0.39 is 11.7 Å². The molecule has 4 rings (SSSR count). The number of carbonyl (C=O) groups is 1. The van der Waals surface area contributed by atoms with Gasteiger partial charge < -0.3 is 23.9 Å². The number of carbonyl (C=O) groups excluding carboxylic acids is 1. The summed E-state index contributed by atoms with van der Waals surface area (Å²) in [6.45, 7) is 8.75. The fraction of sp³-hybridized carbons (Fsp3) is 0.440. The lowest BCUT2D eigenvalue weighted by molar-refractivity contribution is 0.00713. The third-order valence-corrected chi connectivity index (χ3v) is 5.32. The number of amides is 1. The van der Waals surface area contributed by atoms with Crippen molar-refractivity contribution >= 4 is 17.2 Å². The predicted octanol–water partition coefficient (Wildman–Crippen LogP) is 3.79. The van der Waals surface area contributed by atoms with Gasteiger partial charge in [0.25, 0.3) is 0 Å². The predicted molar refractivity (Wildman–Crippen MR) is 125 cm³/mol. The number of hydrogen-bond acceptors (Lipinski definition) is 7. The van der Waals surface area contributed by atoms with E-state index in [1.165, 1.54) is 0 Å². The van der Waals surface area contributed by atoms with Crippen molar-refractivity contribution in [2.24, 2.45) is 0 Å². The average Bonchev–Trinajstić information content (AvgIpc) is 3.21. The van der Waals surface area contributed by atoms with Gasteiger partial charge in [0, 0.05) is 44.4 Å². The van der Waals surface area contributed by atoms with Crippen LogP contribution in [0.4, 0.5) is 4.79 Å². The van der Waals surface area contributed by atoms with Crippen LogP contribution < -0.4 is 4.74 Å². The highest BCUT2D eigenvalue weighted by molar-refractivity contribution is 5.77. The summed E-state index contributed by atoms with van der Waals surface area (Å²) in [5.74, 6) is 1.19. The molecule has 1 aliphatic heterocycles. The molecule has 0 saturated carbocycles. The molecule has 2 aromatic carbocycles. The summed E-state index contributed by atoms with van der Waals surface area (Å²) < 4.78 is 17.1. The lowest BCUT2D eigenvalue weighted by Crippen LogP contribution is -2.51. The molecule has 0 aliphatic carbocycles. The Morgan fingerprint density at radius 3 is 2.55 bits per heavy atom. The van der Waals surface area contributed by atoms with Crippen LogP contribution in [0.3, 0.4) is 0 Å². The molecule has 8 nitrogen and oxygen atoms in total. The number of benzene rings is 2. The van der Waals surface area contributed by atoms with E-state index in [2.05, 4.69) is 9.88 Å². The zero-order valence-electron chi connectivity index (χ0n) is 19.4. The van der Waals surface area contributed by atoms with Crippen molar-refractivity contribution in [2.75, 3.05) is 39.3 Å². The maximum absolute atomic E-state index is 12.2. The summed E-state index contributed by atoms with van der Waals surface area (Å²) in [7, 11) is 0. The van der Waals surface area contributed by atoms with Gasteiger partial charge in [-0.05, 0) is 45.0 Å². The van der Waals surface area contributed by atoms with Crippen LogP contribution in [0.15, 0.2) is 52.9 Å². The molecule has 1 N–H and O–H groups in total. The Kier molecular flexibility index (Phi) is 6.85. The second-order valence-electron chi connectivity index (χ2n) is 9.25. The Labute approximate surface area is 193 Å². The van der Waals surface area contributed by atoms with Gasteiger partial charge in [0.2, 0.25) is 5.89 Å². The Hall–Kier alpha value is -3.10. The molecule has 1 saturated heterocycles. The Bertz CT molecular complexity index is 1070. The number of aromatic nitrogens is 1. The Morgan fingerprint density at radius 1 is 1.12 bits per heavy atom. The molecule has 1 fully saturated rings. The van der Waals surface area contributed by atoms with Crippen molar-refractivity contribution in [1.29, 1.82) is 0 Å². The van der Waals surface area contributed by atoms with Crippen molar-refractivity contribution in [3.05, 3.63) is 48.5 Å². The number of piperazine rings is 1. The van der Waals surface area contributed by atoms with Crippen molar-refractivity contribution in [2.45, 2.75) is 32.5 Å². The van der Waals surface area contributed by atoms with E-state index in [4.69, 9.17) is 13.9 Å². The molecule has 33 heavy (non-hydrogen) atoms. The lowest BCUT2D eigenvalue weighted by Gasteiger charge is -2.36. The number of rotatable bonds is 6. The summed E-state index contributed by atoms with van der Waals surface area (Å²) >= 11 is 0. The number of aliphatic hydroxyl groups is 1. The number of ether oxygens (including phenoxy) is 2. The molecule has 8 heteroatoms. The molecule has 0 bridgehead atoms. The van der Waals surface area contributed by atoms with Gasteiger partial charge in [-0.2, -0.15) is 0 Å². The van der Waals surface area contributed by atoms with Crippen molar-refractivity contribution < 1.29 is 23.8 Å². The van der Waals surface area contributed by atoms with Gasteiger partial charge in [-0.1, -0.05) is 18.2 Å². The minimum atomic E-state index is -0.647. The Morgan fingerprint density at radius 2 is 1.85 bits per heavy atom. The maximum Gasteiger partial charge on any atom is 0.410 e. The summed E-state index contributed by atoms with van der Waals surface area (Å²) in [5, 5.41) is 10.5. The number of hydrogen-bond donors (Lipinski definition) is 1. The lowest BCUT2D eigenvalue weighted by atomic mass is 10.2. The van der Waals surface area contributed by atoms with Gasteiger partial charge in [0.05, 0.1) is 0 Å². The topological polar surface area (TPSA) is 88.3 Å². The molecule has 1 aliphatic rings. The monoisotopic (exact) mass is 453 g/mol. The van der Waals surface area contributed by atoms with Crippen LogP contribution in [-0.4, -0.2) is 77.0 Å². The highest BCUT2D eigenvalue weighted by Crippen LogP contribution is 2.27. The quantitative estimate of drug-likeness (QED) is 0.608. The highest BCUT2D eigenvalue weighted by Gasteiger charge is 2.26. The van der Waals surface area contributed by atoms with E-state index in [0.29, 0.717) is 55.5 Å². The van der Waals surface area contributed by atoms with Crippen LogP contribution in [0.2, 0.25) is 0 Å². The summed E-state index contributed by atoms with van der Waals surface area (Å²) in [6, 6.07) is 15.2. The van der Waals surface area contributed by atoms with Gasteiger partial charge in [0.15, 0.2) is 5.58 Å². The molecule has 1 aromatic heterocycles. The largest absolute Gasteiger partial charge is 0.491 e. The molecule has 1 atom stereocenters. The third kappa shape index (κ3) is 6.24. The van der Waals surface area contributed by atoms with E-state index >= 15 is 0 Å². The van der Waals surface area contributed by atoms with Crippen molar-refractivity contribution in [1.82, 2.24) is 14.8 Å². The average molecular weight is 454 g/mol.